The first kappa shape index (κ1) is 10.5. The van der Waals surface area contributed by atoms with Crippen LogP contribution in [0.4, 0.5) is 0 Å². The van der Waals surface area contributed by atoms with E-state index >= 15 is 0 Å². The van der Waals surface area contributed by atoms with Crippen LogP contribution in [0.1, 0.15) is 24.5 Å². The lowest BCUT2D eigenvalue weighted by atomic mass is 10.1. The van der Waals surface area contributed by atoms with E-state index < -0.39 is 6.10 Å². The van der Waals surface area contributed by atoms with Gasteiger partial charge in [0.25, 0.3) is 0 Å². The lowest BCUT2D eigenvalue weighted by molar-refractivity contribution is 0.168. The fourth-order valence-electron chi connectivity index (χ4n) is 1.18. The molecule has 0 aromatic heterocycles. The third-order valence-electron chi connectivity index (χ3n) is 1.91. The predicted molar refractivity (Wildman–Crippen MR) is 58.5 cm³/mol. The van der Waals surface area contributed by atoms with Gasteiger partial charge >= 0.3 is 0 Å². The minimum Gasteiger partial charge on any atom is -0.388 e. The molecule has 1 atom stereocenters. The molecule has 0 spiro atoms. The third kappa shape index (κ3) is 2.98. The molecule has 0 saturated carbocycles. The van der Waals surface area contributed by atoms with Crippen LogP contribution in [0.5, 0.6) is 0 Å². The van der Waals surface area contributed by atoms with Gasteiger partial charge in [0, 0.05) is 4.47 Å². The fourth-order valence-corrected chi connectivity index (χ4v) is 1.73. The summed E-state index contributed by atoms with van der Waals surface area (Å²) in [6, 6.07) is 7.73. The largest absolute Gasteiger partial charge is 0.388 e. The minimum absolute atomic E-state index is 0.395. The van der Waals surface area contributed by atoms with Crippen LogP contribution in [0.3, 0.4) is 0 Å². The van der Waals surface area contributed by atoms with Crippen LogP contribution in [0, 0.1) is 0 Å². The summed E-state index contributed by atoms with van der Waals surface area (Å²) in [7, 11) is 0. The maximum atomic E-state index is 9.75. The Kier molecular flexibility index (Phi) is 4.19. The van der Waals surface area contributed by atoms with Gasteiger partial charge in [-0.3, -0.25) is 0 Å². The molecule has 0 heterocycles. The number of hydrogen-bond acceptors (Lipinski definition) is 1. The predicted octanol–water partition coefficient (Wildman–Crippen LogP) is 3.45. The van der Waals surface area contributed by atoms with Crippen molar-refractivity contribution in [3.8, 4) is 0 Å². The van der Waals surface area contributed by atoms with Gasteiger partial charge in [-0.1, -0.05) is 40.2 Å². The summed E-state index contributed by atoms with van der Waals surface area (Å²) in [6.45, 7) is 3.63. The summed E-state index contributed by atoms with van der Waals surface area (Å²) in [6.07, 6.45) is 2.99. The van der Waals surface area contributed by atoms with Crippen molar-refractivity contribution in [3.05, 3.63) is 47.0 Å². The van der Waals surface area contributed by atoms with Crippen LogP contribution in [0.15, 0.2) is 41.4 Å². The van der Waals surface area contributed by atoms with E-state index in [4.69, 9.17) is 0 Å². The SMILES string of the molecule is C=CCCC(O)c1ccccc1Br. The topological polar surface area (TPSA) is 20.2 Å². The molecule has 0 radical (unpaired) electrons. The van der Waals surface area contributed by atoms with Gasteiger partial charge < -0.3 is 5.11 Å². The molecule has 1 rings (SSSR count). The number of rotatable bonds is 4. The van der Waals surface area contributed by atoms with Gasteiger partial charge in [0.2, 0.25) is 0 Å². The molecule has 0 saturated heterocycles. The zero-order valence-electron chi connectivity index (χ0n) is 7.41. The summed E-state index contributed by atoms with van der Waals surface area (Å²) >= 11 is 3.40. The second-order valence-corrected chi connectivity index (χ2v) is 3.76. The van der Waals surface area contributed by atoms with Crippen molar-refractivity contribution in [3.63, 3.8) is 0 Å². The monoisotopic (exact) mass is 240 g/mol. The van der Waals surface area contributed by atoms with Gasteiger partial charge in [0.05, 0.1) is 6.10 Å². The fraction of sp³-hybridized carbons (Fsp3) is 0.273. The molecule has 13 heavy (non-hydrogen) atoms. The molecular weight excluding hydrogens is 228 g/mol. The normalized spacial score (nSPS) is 12.5. The number of aliphatic hydroxyl groups excluding tert-OH is 1. The van der Waals surface area contributed by atoms with Gasteiger partial charge in [0.1, 0.15) is 0 Å². The van der Waals surface area contributed by atoms with Crippen molar-refractivity contribution in [1.29, 1.82) is 0 Å². The van der Waals surface area contributed by atoms with Crippen molar-refractivity contribution >= 4 is 15.9 Å². The highest BCUT2D eigenvalue weighted by molar-refractivity contribution is 9.10. The van der Waals surface area contributed by atoms with Gasteiger partial charge in [-0.05, 0) is 24.5 Å². The maximum absolute atomic E-state index is 9.75. The van der Waals surface area contributed by atoms with Gasteiger partial charge in [-0.25, -0.2) is 0 Å². The van der Waals surface area contributed by atoms with Crippen LogP contribution in [-0.2, 0) is 0 Å². The highest BCUT2D eigenvalue weighted by Crippen LogP contribution is 2.25. The van der Waals surface area contributed by atoms with E-state index in [-0.39, 0.29) is 0 Å². The average molecular weight is 241 g/mol. The quantitative estimate of drug-likeness (QED) is 0.800. The molecule has 0 fully saturated rings. The Morgan fingerprint density at radius 1 is 1.46 bits per heavy atom. The molecule has 0 aliphatic heterocycles. The molecule has 1 aromatic rings. The average Bonchev–Trinajstić information content (AvgIpc) is 2.15. The number of allylic oxidation sites excluding steroid dienone is 1. The van der Waals surface area contributed by atoms with Crippen LogP contribution in [0.25, 0.3) is 0 Å². The Balaban J connectivity index is 2.70. The van der Waals surface area contributed by atoms with E-state index in [1.807, 2.05) is 30.3 Å². The van der Waals surface area contributed by atoms with E-state index in [1.54, 1.807) is 0 Å². The standard InChI is InChI=1S/C11H13BrO/c1-2-3-8-11(13)9-6-4-5-7-10(9)12/h2,4-7,11,13H,1,3,8H2. The molecule has 70 valence electrons. The summed E-state index contributed by atoms with van der Waals surface area (Å²) in [4.78, 5) is 0. The number of hydrogen-bond donors (Lipinski definition) is 1. The molecule has 0 aliphatic carbocycles. The molecule has 1 nitrogen and oxygen atoms in total. The number of benzene rings is 1. The van der Waals surface area contributed by atoms with Crippen molar-refractivity contribution in [2.75, 3.05) is 0 Å². The van der Waals surface area contributed by atoms with Gasteiger partial charge in [-0.2, -0.15) is 0 Å². The second-order valence-electron chi connectivity index (χ2n) is 2.90. The highest BCUT2D eigenvalue weighted by Gasteiger charge is 2.08. The molecule has 0 bridgehead atoms. The summed E-state index contributed by atoms with van der Waals surface area (Å²) < 4.78 is 0.964. The lowest BCUT2D eigenvalue weighted by Gasteiger charge is -2.10. The van der Waals surface area contributed by atoms with Crippen LogP contribution in [0.2, 0.25) is 0 Å². The Labute approximate surface area is 87.2 Å². The number of halogens is 1. The Bertz CT molecular complexity index is 283. The van der Waals surface area contributed by atoms with E-state index in [0.29, 0.717) is 0 Å². The van der Waals surface area contributed by atoms with Crippen molar-refractivity contribution in [1.82, 2.24) is 0 Å². The molecule has 1 unspecified atom stereocenters. The first-order chi connectivity index (χ1) is 6.25. The smallest absolute Gasteiger partial charge is 0.0803 e. The van der Waals surface area contributed by atoms with Crippen LogP contribution < -0.4 is 0 Å². The molecule has 2 heteroatoms. The number of aliphatic hydroxyl groups is 1. The zero-order valence-corrected chi connectivity index (χ0v) is 9.00. The summed E-state index contributed by atoms with van der Waals surface area (Å²) in [5, 5.41) is 9.75. The zero-order chi connectivity index (χ0) is 9.68. The van der Waals surface area contributed by atoms with Crippen molar-refractivity contribution < 1.29 is 5.11 Å². The van der Waals surface area contributed by atoms with Crippen LogP contribution >= 0.6 is 15.9 Å². The van der Waals surface area contributed by atoms with Gasteiger partial charge in [-0.15, -0.1) is 6.58 Å². The van der Waals surface area contributed by atoms with Gasteiger partial charge in [0.15, 0.2) is 0 Å². The molecule has 0 aliphatic rings. The minimum atomic E-state index is -0.395. The van der Waals surface area contributed by atoms with E-state index in [1.165, 1.54) is 0 Å². The molecule has 1 N–H and O–H groups in total. The van der Waals surface area contributed by atoms with Crippen LogP contribution in [-0.4, -0.2) is 5.11 Å². The Morgan fingerprint density at radius 3 is 2.77 bits per heavy atom. The van der Waals surface area contributed by atoms with Crippen molar-refractivity contribution in [2.45, 2.75) is 18.9 Å². The van der Waals surface area contributed by atoms with E-state index in [9.17, 15) is 5.11 Å². The maximum Gasteiger partial charge on any atom is 0.0803 e. The summed E-state index contributed by atoms with van der Waals surface area (Å²) in [5.41, 5.74) is 0.948. The molecular formula is C11H13BrO. The van der Waals surface area contributed by atoms with Crippen molar-refractivity contribution in [2.24, 2.45) is 0 Å². The lowest BCUT2D eigenvalue weighted by Crippen LogP contribution is -1.97. The highest BCUT2D eigenvalue weighted by atomic mass is 79.9. The van der Waals surface area contributed by atoms with E-state index in [0.717, 1.165) is 22.9 Å². The van der Waals surface area contributed by atoms with E-state index in [2.05, 4.69) is 22.5 Å². The molecule has 1 aromatic carbocycles. The first-order valence-electron chi connectivity index (χ1n) is 4.29. The summed E-state index contributed by atoms with van der Waals surface area (Å²) in [5.74, 6) is 0. The molecule has 0 amide bonds. The third-order valence-corrected chi connectivity index (χ3v) is 2.63. The Morgan fingerprint density at radius 2 is 2.15 bits per heavy atom. The second kappa shape index (κ2) is 5.20. The first-order valence-corrected chi connectivity index (χ1v) is 5.08. The Hall–Kier alpha value is -0.600.